The molecule has 2 aromatic heterocycles. The summed E-state index contributed by atoms with van der Waals surface area (Å²) in [6.07, 6.45) is 5.89. The number of ether oxygens (including phenoxy) is 1. The van der Waals surface area contributed by atoms with Crippen LogP contribution in [0.3, 0.4) is 0 Å². The molecule has 3 aromatic rings. The van der Waals surface area contributed by atoms with Crippen molar-refractivity contribution in [3.63, 3.8) is 0 Å². The van der Waals surface area contributed by atoms with E-state index in [4.69, 9.17) is 17.0 Å². The van der Waals surface area contributed by atoms with Crippen molar-refractivity contribution in [3.8, 4) is 5.69 Å². The predicted molar refractivity (Wildman–Crippen MR) is 124 cm³/mol. The summed E-state index contributed by atoms with van der Waals surface area (Å²) in [4.78, 5) is 19.3. The van der Waals surface area contributed by atoms with Gasteiger partial charge in [-0.25, -0.2) is 4.79 Å². The highest BCUT2D eigenvalue weighted by molar-refractivity contribution is 7.80. The van der Waals surface area contributed by atoms with E-state index >= 15 is 0 Å². The van der Waals surface area contributed by atoms with Crippen molar-refractivity contribution in [2.75, 3.05) is 13.7 Å². The van der Waals surface area contributed by atoms with Crippen molar-refractivity contribution in [2.45, 2.75) is 31.8 Å². The number of benzene rings is 1. The normalized spacial score (nSPS) is 18.1. The highest BCUT2D eigenvalue weighted by Crippen LogP contribution is 2.40. The molecule has 160 valence electrons. The van der Waals surface area contributed by atoms with Crippen LogP contribution in [-0.2, 0) is 4.74 Å². The number of hydrogen-bond acceptors (Lipinski definition) is 4. The number of carbonyl (C=O) groups is 1. The van der Waals surface area contributed by atoms with E-state index in [-0.39, 0.29) is 18.1 Å². The van der Waals surface area contributed by atoms with Gasteiger partial charge in [-0.1, -0.05) is 31.5 Å². The van der Waals surface area contributed by atoms with E-state index in [0.717, 1.165) is 41.6 Å². The molecule has 4 rings (SSSR count). The summed E-state index contributed by atoms with van der Waals surface area (Å²) >= 11 is 5.73. The molecule has 0 radical (unpaired) electrons. The minimum Gasteiger partial charge on any atom is -0.465 e. The molecule has 7 heteroatoms. The van der Waals surface area contributed by atoms with Crippen LogP contribution in [-0.4, -0.2) is 39.2 Å². The Kier molecular flexibility index (Phi) is 6.32. The first kappa shape index (κ1) is 21.1. The lowest BCUT2D eigenvalue weighted by atomic mass is 10.0. The number of hydrogen-bond donors (Lipinski definition) is 1. The fourth-order valence-corrected chi connectivity index (χ4v) is 4.45. The van der Waals surface area contributed by atoms with E-state index < -0.39 is 0 Å². The number of pyridine rings is 1. The molecule has 1 aliphatic rings. The Morgan fingerprint density at radius 1 is 1.16 bits per heavy atom. The Hall–Kier alpha value is -3.19. The molecule has 0 spiro atoms. The van der Waals surface area contributed by atoms with Crippen molar-refractivity contribution in [3.05, 3.63) is 83.9 Å². The van der Waals surface area contributed by atoms with Gasteiger partial charge in [0.1, 0.15) is 0 Å². The fraction of sp³-hybridized carbons (Fsp3) is 0.292. The molecule has 0 amide bonds. The van der Waals surface area contributed by atoms with Gasteiger partial charge < -0.3 is 19.5 Å². The van der Waals surface area contributed by atoms with Crippen molar-refractivity contribution < 1.29 is 9.53 Å². The maximum absolute atomic E-state index is 12.4. The lowest BCUT2D eigenvalue weighted by Crippen LogP contribution is -2.31. The zero-order valence-electron chi connectivity index (χ0n) is 17.7. The Bertz CT molecular complexity index is 1070. The summed E-state index contributed by atoms with van der Waals surface area (Å²) in [5.41, 5.74) is 3.27. The second-order valence-corrected chi connectivity index (χ2v) is 7.87. The highest BCUT2D eigenvalue weighted by atomic mass is 32.1. The molecule has 2 atom stereocenters. The van der Waals surface area contributed by atoms with Gasteiger partial charge in [0.2, 0.25) is 0 Å². The smallest absolute Gasteiger partial charge is 0.339 e. The van der Waals surface area contributed by atoms with Crippen LogP contribution in [0.25, 0.3) is 5.69 Å². The van der Waals surface area contributed by atoms with Gasteiger partial charge in [-0.3, -0.25) is 4.98 Å². The number of nitrogens with one attached hydrogen (secondary N) is 1. The summed E-state index contributed by atoms with van der Waals surface area (Å²) in [6, 6.07) is 17.3. The lowest BCUT2D eigenvalue weighted by Gasteiger charge is -2.29. The Morgan fingerprint density at radius 3 is 2.71 bits per heavy atom. The van der Waals surface area contributed by atoms with Gasteiger partial charge in [0.25, 0.3) is 0 Å². The second-order valence-electron chi connectivity index (χ2n) is 7.49. The van der Waals surface area contributed by atoms with E-state index in [0.29, 0.717) is 5.56 Å². The highest BCUT2D eigenvalue weighted by Gasteiger charge is 2.41. The van der Waals surface area contributed by atoms with Crippen LogP contribution in [0.2, 0.25) is 0 Å². The van der Waals surface area contributed by atoms with Crippen molar-refractivity contribution in [1.82, 2.24) is 19.8 Å². The van der Waals surface area contributed by atoms with Gasteiger partial charge >= 0.3 is 5.97 Å². The molecule has 0 bridgehead atoms. The van der Waals surface area contributed by atoms with Crippen LogP contribution in [0.1, 0.15) is 53.6 Å². The first-order chi connectivity index (χ1) is 15.2. The van der Waals surface area contributed by atoms with Crippen LogP contribution in [0.15, 0.2) is 67.0 Å². The molecule has 0 unspecified atom stereocenters. The molecule has 6 nitrogen and oxygen atoms in total. The molecule has 3 heterocycles. The Labute approximate surface area is 187 Å². The van der Waals surface area contributed by atoms with E-state index in [1.807, 2.05) is 48.7 Å². The summed E-state index contributed by atoms with van der Waals surface area (Å²) in [7, 11) is 1.40. The third-order valence-corrected chi connectivity index (χ3v) is 5.95. The molecule has 1 N–H and O–H groups in total. The number of carbonyl (C=O) groups excluding carboxylic acids is 1. The summed E-state index contributed by atoms with van der Waals surface area (Å²) < 4.78 is 7.07. The Morgan fingerprint density at radius 2 is 1.97 bits per heavy atom. The van der Waals surface area contributed by atoms with E-state index in [1.165, 1.54) is 7.11 Å². The van der Waals surface area contributed by atoms with Gasteiger partial charge in [-0.15, -0.1) is 0 Å². The van der Waals surface area contributed by atoms with Crippen molar-refractivity contribution in [2.24, 2.45) is 0 Å². The number of nitrogens with zero attached hydrogens (tertiary/aromatic N) is 3. The zero-order chi connectivity index (χ0) is 21.8. The zero-order valence-corrected chi connectivity index (χ0v) is 18.5. The molecule has 1 saturated heterocycles. The molecular weight excluding hydrogens is 408 g/mol. The molecule has 1 fully saturated rings. The first-order valence-corrected chi connectivity index (χ1v) is 10.9. The summed E-state index contributed by atoms with van der Waals surface area (Å²) in [6.45, 7) is 3.02. The maximum atomic E-state index is 12.4. The quantitative estimate of drug-likeness (QED) is 0.438. The summed E-state index contributed by atoms with van der Waals surface area (Å²) in [5, 5.41) is 4.21. The number of rotatable bonds is 7. The largest absolute Gasteiger partial charge is 0.465 e. The number of aromatic nitrogens is 2. The molecule has 1 aromatic carbocycles. The average molecular weight is 435 g/mol. The van der Waals surface area contributed by atoms with Gasteiger partial charge in [0, 0.05) is 24.6 Å². The molecule has 0 aliphatic carbocycles. The average Bonchev–Trinajstić information content (AvgIpc) is 3.41. The third kappa shape index (κ3) is 4.05. The van der Waals surface area contributed by atoms with Crippen LogP contribution in [0.4, 0.5) is 0 Å². The van der Waals surface area contributed by atoms with E-state index in [9.17, 15) is 4.79 Å². The van der Waals surface area contributed by atoms with Crippen molar-refractivity contribution in [1.29, 1.82) is 0 Å². The van der Waals surface area contributed by atoms with Gasteiger partial charge in [0.05, 0.1) is 36.1 Å². The van der Waals surface area contributed by atoms with Gasteiger partial charge in [0.15, 0.2) is 5.11 Å². The molecule has 0 saturated carbocycles. The van der Waals surface area contributed by atoms with Gasteiger partial charge in [-0.05, 0) is 55.0 Å². The minimum absolute atomic E-state index is 0.0605. The number of unbranched alkanes of at least 4 members (excludes halogenated alkanes) is 1. The summed E-state index contributed by atoms with van der Waals surface area (Å²) in [5.74, 6) is -0.362. The Balaban J connectivity index is 1.83. The fourth-order valence-electron chi connectivity index (χ4n) is 4.12. The van der Waals surface area contributed by atoms with Crippen LogP contribution in [0, 0.1) is 0 Å². The number of thiocarbonyl (C=S) groups is 1. The second kappa shape index (κ2) is 9.31. The number of methoxy groups -OCH3 is 1. The molecule has 1 aliphatic heterocycles. The minimum atomic E-state index is -0.362. The van der Waals surface area contributed by atoms with Crippen LogP contribution < -0.4 is 5.32 Å². The van der Waals surface area contributed by atoms with Crippen LogP contribution in [0.5, 0.6) is 0 Å². The third-order valence-electron chi connectivity index (χ3n) is 5.60. The van der Waals surface area contributed by atoms with Crippen LogP contribution >= 0.6 is 12.2 Å². The maximum Gasteiger partial charge on any atom is 0.339 e. The first-order valence-electron chi connectivity index (χ1n) is 10.5. The van der Waals surface area contributed by atoms with E-state index in [2.05, 4.69) is 32.8 Å². The van der Waals surface area contributed by atoms with Crippen molar-refractivity contribution >= 4 is 23.3 Å². The molecular formula is C24H26N4O2S. The topological polar surface area (TPSA) is 59.4 Å². The monoisotopic (exact) mass is 434 g/mol. The standard InChI is InChI=1S/C24H26N4O2S/c1-3-4-15-28-22(21(26-24(28)31)18-11-7-8-14-25-18)20-13-9-16-27(20)19-12-6-5-10-17(19)23(29)30-2/h5-14,16,21-22H,3-4,15H2,1-2H3,(H,26,31)/t21-,22+/m0/s1. The van der Waals surface area contributed by atoms with Gasteiger partial charge in [-0.2, -0.15) is 0 Å². The lowest BCUT2D eigenvalue weighted by molar-refractivity contribution is 0.0600. The SMILES string of the molecule is CCCCN1C(=S)N[C@@H](c2ccccn2)[C@H]1c1cccn1-c1ccccc1C(=O)OC. The predicted octanol–water partition coefficient (Wildman–Crippen LogP) is 4.43. The number of para-hydroxylation sites is 1. The van der Waals surface area contributed by atoms with E-state index in [1.54, 1.807) is 12.3 Å². The number of esters is 1. The molecule has 31 heavy (non-hydrogen) atoms.